The smallest absolute Gasteiger partial charge is 0.266 e. The van der Waals surface area contributed by atoms with Crippen LogP contribution in [0.1, 0.15) is 71.2 Å². The molecule has 0 bridgehead atoms. The SMILES string of the molecule is CCCCC(=O)N(CCCC)C(CC)c1nc2ccccc2c(=O)n1-c1ccc(F)c(Cl)c1. The van der Waals surface area contributed by atoms with Gasteiger partial charge in [0.2, 0.25) is 5.91 Å². The number of benzene rings is 2. The normalized spacial score (nSPS) is 12.2. The van der Waals surface area contributed by atoms with Gasteiger partial charge in [-0.1, -0.05) is 57.3 Å². The molecule has 0 saturated heterocycles. The molecule has 1 aromatic heterocycles. The second kappa shape index (κ2) is 11.4. The maximum absolute atomic E-state index is 13.9. The second-order valence-electron chi connectivity index (χ2n) is 8.19. The van der Waals surface area contributed by atoms with Crippen molar-refractivity contribution in [1.29, 1.82) is 0 Å². The number of hydrogen-bond donors (Lipinski definition) is 0. The van der Waals surface area contributed by atoms with Gasteiger partial charge in [-0.05, 0) is 49.6 Å². The fraction of sp³-hybridized carbons (Fsp3) is 0.423. The number of rotatable bonds is 10. The molecule has 3 aromatic rings. The maximum atomic E-state index is 13.9. The van der Waals surface area contributed by atoms with Crippen molar-refractivity contribution < 1.29 is 9.18 Å². The molecule has 33 heavy (non-hydrogen) atoms. The van der Waals surface area contributed by atoms with Gasteiger partial charge in [-0.25, -0.2) is 9.37 Å². The van der Waals surface area contributed by atoms with Gasteiger partial charge in [-0.3, -0.25) is 14.2 Å². The lowest BCUT2D eigenvalue weighted by Crippen LogP contribution is -2.39. The number of nitrogens with zero attached hydrogens (tertiary/aromatic N) is 3. The highest BCUT2D eigenvalue weighted by atomic mass is 35.5. The lowest BCUT2D eigenvalue weighted by atomic mass is 10.1. The van der Waals surface area contributed by atoms with E-state index in [4.69, 9.17) is 16.6 Å². The van der Waals surface area contributed by atoms with E-state index in [0.717, 1.165) is 25.7 Å². The number of amides is 1. The highest BCUT2D eigenvalue weighted by Gasteiger charge is 2.28. The predicted octanol–water partition coefficient (Wildman–Crippen LogP) is 6.45. The summed E-state index contributed by atoms with van der Waals surface area (Å²) in [5, 5.41) is 0.377. The zero-order chi connectivity index (χ0) is 24.0. The van der Waals surface area contributed by atoms with E-state index in [1.54, 1.807) is 18.2 Å². The Kier molecular flexibility index (Phi) is 8.61. The Morgan fingerprint density at radius 1 is 1.12 bits per heavy atom. The molecule has 5 nitrogen and oxygen atoms in total. The number of para-hydroxylation sites is 1. The van der Waals surface area contributed by atoms with Crippen LogP contribution in [0.3, 0.4) is 0 Å². The van der Waals surface area contributed by atoms with Crippen LogP contribution in [-0.2, 0) is 4.79 Å². The minimum absolute atomic E-state index is 0.0586. The van der Waals surface area contributed by atoms with E-state index in [1.807, 2.05) is 17.9 Å². The van der Waals surface area contributed by atoms with E-state index in [9.17, 15) is 14.0 Å². The maximum Gasteiger partial charge on any atom is 0.266 e. The largest absolute Gasteiger partial charge is 0.333 e. The van der Waals surface area contributed by atoms with Gasteiger partial charge in [0.05, 0.1) is 27.7 Å². The topological polar surface area (TPSA) is 55.2 Å². The van der Waals surface area contributed by atoms with Gasteiger partial charge in [0.1, 0.15) is 11.6 Å². The monoisotopic (exact) mass is 471 g/mol. The van der Waals surface area contributed by atoms with Crippen molar-refractivity contribution in [3.8, 4) is 5.69 Å². The van der Waals surface area contributed by atoms with E-state index in [2.05, 4.69) is 13.8 Å². The van der Waals surface area contributed by atoms with E-state index >= 15 is 0 Å². The summed E-state index contributed by atoms with van der Waals surface area (Å²) < 4.78 is 15.4. The van der Waals surface area contributed by atoms with Crippen molar-refractivity contribution >= 4 is 28.4 Å². The van der Waals surface area contributed by atoms with Crippen LogP contribution in [0.5, 0.6) is 0 Å². The van der Waals surface area contributed by atoms with Crippen LogP contribution >= 0.6 is 11.6 Å². The molecule has 1 unspecified atom stereocenters. The Balaban J connectivity index is 2.25. The Labute approximate surface area is 199 Å². The van der Waals surface area contributed by atoms with Crippen LogP contribution in [0.2, 0.25) is 5.02 Å². The van der Waals surface area contributed by atoms with Gasteiger partial charge in [-0.15, -0.1) is 0 Å². The fourth-order valence-electron chi connectivity index (χ4n) is 4.04. The standard InChI is InChI=1S/C26H31ClFN3O2/c1-4-7-13-24(32)30(16-8-5-2)23(6-3)25-29-22-12-10-9-11-19(22)26(33)31(25)18-14-15-21(28)20(27)17-18/h9-12,14-15,17,23H,4-8,13,16H2,1-3H3. The number of unbranched alkanes of at least 4 members (excludes halogenated alkanes) is 2. The van der Waals surface area contributed by atoms with Crippen molar-refractivity contribution in [2.75, 3.05) is 6.54 Å². The Bertz CT molecular complexity index is 1180. The number of carbonyl (C=O) groups is 1. The van der Waals surface area contributed by atoms with Crippen LogP contribution in [0.15, 0.2) is 47.3 Å². The summed E-state index contributed by atoms with van der Waals surface area (Å²) in [6.07, 6.45) is 4.58. The summed E-state index contributed by atoms with van der Waals surface area (Å²) in [5.41, 5.74) is 0.722. The van der Waals surface area contributed by atoms with Gasteiger partial charge >= 0.3 is 0 Å². The van der Waals surface area contributed by atoms with Crippen LogP contribution in [0, 0.1) is 5.82 Å². The first-order valence-corrected chi connectivity index (χ1v) is 12.1. The molecule has 3 rings (SSSR count). The molecule has 0 aliphatic carbocycles. The first-order chi connectivity index (χ1) is 15.9. The third-order valence-electron chi connectivity index (χ3n) is 5.84. The van der Waals surface area contributed by atoms with Crippen molar-refractivity contribution in [2.45, 2.75) is 65.3 Å². The molecular formula is C26H31ClFN3O2. The highest BCUT2D eigenvalue weighted by Crippen LogP contribution is 2.28. The molecule has 0 aliphatic heterocycles. The molecule has 2 aromatic carbocycles. The second-order valence-corrected chi connectivity index (χ2v) is 8.60. The summed E-state index contributed by atoms with van der Waals surface area (Å²) in [5.74, 6) is -0.0387. The van der Waals surface area contributed by atoms with Gasteiger partial charge < -0.3 is 4.90 Å². The van der Waals surface area contributed by atoms with Gasteiger partial charge in [0, 0.05) is 13.0 Å². The number of carbonyl (C=O) groups excluding carboxylic acids is 1. The number of fused-ring (bicyclic) bond motifs is 1. The number of halogens is 2. The van der Waals surface area contributed by atoms with Crippen LogP contribution < -0.4 is 5.56 Å². The Morgan fingerprint density at radius 2 is 1.85 bits per heavy atom. The number of aromatic nitrogens is 2. The molecule has 7 heteroatoms. The fourth-order valence-corrected chi connectivity index (χ4v) is 4.22. The molecule has 0 saturated carbocycles. The first kappa shape index (κ1) is 24.9. The molecule has 0 radical (unpaired) electrons. The van der Waals surface area contributed by atoms with Crippen molar-refractivity contribution in [3.05, 3.63) is 69.5 Å². The molecule has 0 spiro atoms. The first-order valence-electron chi connectivity index (χ1n) is 11.7. The van der Waals surface area contributed by atoms with E-state index in [1.165, 1.54) is 22.8 Å². The lowest BCUT2D eigenvalue weighted by molar-refractivity contribution is -0.134. The van der Waals surface area contributed by atoms with E-state index in [0.29, 0.717) is 41.8 Å². The van der Waals surface area contributed by atoms with Crippen molar-refractivity contribution in [2.24, 2.45) is 0 Å². The molecular weight excluding hydrogens is 441 g/mol. The summed E-state index contributed by atoms with van der Waals surface area (Å²) >= 11 is 6.06. The highest BCUT2D eigenvalue weighted by molar-refractivity contribution is 6.30. The van der Waals surface area contributed by atoms with Gasteiger partial charge in [-0.2, -0.15) is 0 Å². The molecule has 1 atom stereocenters. The molecule has 0 N–H and O–H groups in total. The van der Waals surface area contributed by atoms with Gasteiger partial charge in [0.25, 0.3) is 5.56 Å². The van der Waals surface area contributed by atoms with Crippen LogP contribution in [0.25, 0.3) is 16.6 Å². The average Bonchev–Trinajstić information content (AvgIpc) is 2.82. The molecule has 1 heterocycles. The quantitative estimate of drug-likeness (QED) is 0.341. The summed E-state index contributed by atoms with van der Waals surface area (Å²) in [7, 11) is 0. The Hall–Kier alpha value is -2.73. The third kappa shape index (κ3) is 5.44. The summed E-state index contributed by atoms with van der Waals surface area (Å²) in [6.45, 7) is 6.71. The molecule has 176 valence electrons. The Morgan fingerprint density at radius 3 is 2.52 bits per heavy atom. The average molecular weight is 472 g/mol. The minimum atomic E-state index is -0.560. The minimum Gasteiger partial charge on any atom is -0.333 e. The van der Waals surface area contributed by atoms with E-state index in [-0.39, 0.29) is 16.5 Å². The molecule has 1 amide bonds. The third-order valence-corrected chi connectivity index (χ3v) is 6.13. The molecule has 0 aliphatic rings. The zero-order valence-corrected chi connectivity index (χ0v) is 20.2. The van der Waals surface area contributed by atoms with Crippen molar-refractivity contribution in [1.82, 2.24) is 14.5 Å². The summed E-state index contributed by atoms with van der Waals surface area (Å²) in [4.78, 5) is 33.6. The van der Waals surface area contributed by atoms with Crippen LogP contribution in [-0.4, -0.2) is 26.9 Å². The molecule has 0 fully saturated rings. The number of hydrogen-bond acceptors (Lipinski definition) is 3. The summed E-state index contributed by atoms with van der Waals surface area (Å²) in [6, 6.07) is 10.9. The predicted molar refractivity (Wildman–Crippen MR) is 131 cm³/mol. The van der Waals surface area contributed by atoms with Crippen molar-refractivity contribution in [3.63, 3.8) is 0 Å². The van der Waals surface area contributed by atoms with Gasteiger partial charge in [0.15, 0.2) is 0 Å². The van der Waals surface area contributed by atoms with Crippen LogP contribution in [0.4, 0.5) is 4.39 Å². The lowest BCUT2D eigenvalue weighted by Gasteiger charge is -2.32. The van der Waals surface area contributed by atoms with E-state index < -0.39 is 11.9 Å². The zero-order valence-electron chi connectivity index (χ0n) is 19.5.